The first-order valence-corrected chi connectivity index (χ1v) is 11.0. The number of nitrogens with zero attached hydrogens (tertiary/aromatic N) is 3. The number of H-pyrrole nitrogens is 1. The number of aromatic amines is 1. The molecule has 0 fully saturated rings. The molecule has 0 aliphatic rings. The molecule has 1 atom stereocenters. The average Bonchev–Trinajstić information content (AvgIpc) is 3.30. The zero-order valence-corrected chi connectivity index (χ0v) is 18.9. The van der Waals surface area contributed by atoms with Crippen molar-refractivity contribution in [1.82, 2.24) is 25.3 Å². The van der Waals surface area contributed by atoms with Crippen LogP contribution in [0.25, 0.3) is 33.4 Å². The van der Waals surface area contributed by atoms with Crippen LogP contribution in [0.15, 0.2) is 79.0 Å². The standard InChI is InChI=1S/C27H24N6O/c1-16-10-12-21(30-16)17(2)31-27(34)25-26(28)33-23(18-7-4-3-5-8-18)24(32-25)20-11-13-22-19(15-20)9-6-14-29-22/h3-15,17,30H,1-2H3,(H2,28,33)(H,31,34). The maximum atomic E-state index is 13.2. The lowest BCUT2D eigenvalue weighted by Crippen LogP contribution is -2.29. The van der Waals surface area contributed by atoms with Crippen LogP contribution in [0.5, 0.6) is 0 Å². The van der Waals surface area contributed by atoms with Crippen molar-refractivity contribution in [3.05, 3.63) is 96.1 Å². The van der Waals surface area contributed by atoms with Gasteiger partial charge in [0.2, 0.25) is 0 Å². The molecule has 0 radical (unpaired) electrons. The summed E-state index contributed by atoms with van der Waals surface area (Å²) in [7, 11) is 0. The molecule has 7 nitrogen and oxygen atoms in total. The van der Waals surface area contributed by atoms with E-state index in [9.17, 15) is 4.79 Å². The van der Waals surface area contributed by atoms with Crippen molar-refractivity contribution in [2.45, 2.75) is 19.9 Å². The predicted molar refractivity (Wildman–Crippen MR) is 134 cm³/mol. The second-order valence-corrected chi connectivity index (χ2v) is 8.22. The third kappa shape index (κ3) is 4.11. The number of carbonyl (C=O) groups is 1. The van der Waals surface area contributed by atoms with Crippen LogP contribution in [0.3, 0.4) is 0 Å². The number of anilines is 1. The van der Waals surface area contributed by atoms with Crippen LogP contribution in [-0.2, 0) is 0 Å². The number of nitrogen functional groups attached to an aromatic ring is 1. The Morgan fingerprint density at radius 3 is 2.50 bits per heavy atom. The Morgan fingerprint density at radius 1 is 0.941 bits per heavy atom. The lowest BCUT2D eigenvalue weighted by atomic mass is 10.0. The van der Waals surface area contributed by atoms with Crippen LogP contribution < -0.4 is 11.1 Å². The molecule has 0 aliphatic carbocycles. The van der Waals surface area contributed by atoms with Gasteiger partial charge in [-0.15, -0.1) is 0 Å². The van der Waals surface area contributed by atoms with Gasteiger partial charge in [-0.05, 0) is 44.2 Å². The van der Waals surface area contributed by atoms with Gasteiger partial charge in [0.05, 0.1) is 22.9 Å². The highest BCUT2D eigenvalue weighted by Crippen LogP contribution is 2.32. The van der Waals surface area contributed by atoms with Crippen LogP contribution in [0.4, 0.5) is 5.82 Å². The molecule has 1 amide bonds. The fourth-order valence-corrected chi connectivity index (χ4v) is 3.96. The van der Waals surface area contributed by atoms with Crippen molar-refractivity contribution in [3.63, 3.8) is 0 Å². The molecule has 34 heavy (non-hydrogen) atoms. The van der Waals surface area contributed by atoms with Crippen LogP contribution in [0.1, 0.15) is 34.8 Å². The highest BCUT2D eigenvalue weighted by molar-refractivity contribution is 5.98. The molecule has 3 heterocycles. The van der Waals surface area contributed by atoms with Gasteiger partial charge in [0, 0.05) is 34.1 Å². The zero-order valence-electron chi connectivity index (χ0n) is 18.9. The van der Waals surface area contributed by atoms with Crippen molar-refractivity contribution < 1.29 is 4.79 Å². The van der Waals surface area contributed by atoms with E-state index in [2.05, 4.69) is 20.3 Å². The smallest absolute Gasteiger partial charge is 0.274 e. The van der Waals surface area contributed by atoms with Gasteiger partial charge in [0.25, 0.3) is 5.91 Å². The van der Waals surface area contributed by atoms with Crippen LogP contribution in [-0.4, -0.2) is 25.8 Å². The fourth-order valence-electron chi connectivity index (χ4n) is 3.96. The van der Waals surface area contributed by atoms with E-state index in [1.54, 1.807) is 6.20 Å². The third-order valence-electron chi connectivity index (χ3n) is 5.73. The summed E-state index contributed by atoms with van der Waals surface area (Å²) in [6.45, 7) is 3.87. The van der Waals surface area contributed by atoms with Crippen molar-refractivity contribution >= 4 is 22.6 Å². The number of aromatic nitrogens is 4. The second-order valence-electron chi connectivity index (χ2n) is 8.22. The monoisotopic (exact) mass is 448 g/mol. The highest BCUT2D eigenvalue weighted by atomic mass is 16.2. The van der Waals surface area contributed by atoms with E-state index in [1.807, 2.05) is 86.6 Å². The molecule has 0 aliphatic heterocycles. The third-order valence-corrected chi connectivity index (χ3v) is 5.73. The normalized spacial score (nSPS) is 11.9. The number of rotatable bonds is 5. The molecule has 0 saturated carbocycles. The quantitative estimate of drug-likeness (QED) is 0.348. The Morgan fingerprint density at radius 2 is 1.74 bits per heavy atom. The Bertz CT molecular complexity index is 1490. The molecular weight excluding hydrogens is 424 g/mol. The summed E-state index contributed by atoms with van der Waals surface area (Å²) in [6.07, 6.45) is 1.76. The van der Waals surface area contributed by atoms with Gasteiger partial charge in [-0.1, -0.05) is 42.5 Å². The SMILES string of the molecule is Cc1ccc(C(C)NC(=O)c2nc(-c3ccc4ncccc4c3)c(-c3ccccc3)nc2N)[nH]1. The topological polar surface area (TPSA) is 110 Å². The average molecular weight is 449 g/mol. The van der Waals surface area contributed by atoms with Gasteiger partial charge >= 0.3 is 0 Å². The first-order chi connectivity index (χ1) is 16.5. The Labute approximate surface area is 197 Å². The molecule has 0 saturated heterocycles. The molecular formula is C27H24N6O. The number of carbonyl (C=O) groups excluding carboxylic acids is 1. The number of pyridine rings is 1. The molecule has 168 valence electrons. The van der Waals surface area contributed by atoms with Crippen molar-refractivity contribution in [2.24, 2.45) is 0 Å². The van der Waals surface area contributed by atoms with Gasteiger partial charge in [-0.3, -0.25) is 9.78 Å². The van der Waals surface area contributed by atoms with Crippen LogP contribution in [0.2, 0.25) is 0 Å². The van der Waals surface area contributed by atoms with Gasteiger partial charge in [-0.2, -0.15) is 0 Å². The minimum atomic E-state index is -0.381. The molecule has 3 aromatic heterocycles. The number of nitrogens with two attached hydrogens (primary N) is 1. The minimum absolute atomic E-state index is 0.0809. The van der Waals surface area contributed by atoms with Gasteiger partial charge in [0.15, 0.2) is 11.5 Å². The van der Waals surface area contributed by atoms with E-state index in [0.717, 1.165) is 33.4 Å². The predicted octanol–water partition coefficient (Wildman–Crippen LogP) is 5.07. The highest BCUT2D eigenvalue weighted by Gasteiger charge is 2.22. The van der Waals surface area contributed by atoms with Gasteiger partial charge < -0.3 is 16.0 Å². The molecule has 5 rings (SSSR count). The summed E-state index contributed by atoms with van der Waals surface area (Å²) >= 11 is 0. The maximum Gasteiger partial charge on any atom is 0.274 e. The van der Waals surface area contributed by atoms with E-state index in [0.29, 0.717) is 11.4 Å². The van der Waals surface area contributed by atoms with E-state index < -0.39 is 0 Å². The van der Waals surface area contributed by atoms with Crippen LogP contribution in [0, 0.1) is 6.92 Å². The lowest BCUT2D eigenvalue weighted by molar-refractivity contribution is 0.0935. The summed E-state index contributed by atoms with van der Waals surface area (Å²) in [5.74, 6) is -0.300. The van der Waals surface area contributed by atoms with Gasteiger partial charge in [0.1, 0.15) is 0 Å². The summed E-state index contributed by atoms with van der Waals surface area (Å²) in [4.78, 5) is 30.2. The number of benzene rings is 2. The fraction of sp³-hybridized carbons (Fsp3) is 0.111. The second kappa shape index (κ2) is 8.78. The molecule has 7 heteroatoms. The Kier molecular flexibility index (Phi) is 5.51. The number of aryl methyl sites for hydroxylation is 1. The largest absolute Gasteiger partial charge is 0.382 e. The zero-order chi connectivity index (χ0) is 23.7. The molecule has 0 bridgehead atoms. The summed E-state index contributed by atoms with van der Waals surface area (Å²) in [6, 6.07) is 23.1. The van der Waals surface area contributed by atoms with Crippen LogP contribution >= 0.6 is 0 Å². The summed E-state index contributed by atoms with van der Waals surface area (Å²) in [5, 5.41) is 3.94. The lowest BCUT2D eigenvalue weighted by Gasteiger charge is -2.16. The van der Waals surface area contributed by atoms with E-state index in [-0.39, 0.29) is 23.5 Å². The van der Waals surface area contributed by atoms with Crippen molar-refractivity contribution in [1.29, 1.82) is 0 Å². The summed E-state index contributed by atoms with van der Waals surface area (Å²) < 4.78 is 0. The number of amides is 1. The van der Waals surface area contributed by atoms with Crippen molar-refractivity contribution in [2.75, 3.05) is 5.73 Å². The Hall–Kier alpha value is -4.52. The summed E-state index contributed by atoms with van der Waals surface area (Å²) in [5.41, 5.74) is 12.1. The number of hydrogen-bond donors (Lipinski definition) is 3. The number of nitrogens with one attached hydrogen (secondary N) is 2. The van der Waals surface area contributed by atoms with E-state index in [4.69, 9.17) is 10.7 Å². The molecule has 2 aromatic carbocycles. The first kappa shape index (κ1) is 21.3. The minimum Gasteiger partial charge on any atom is -0.382 e. The van der Waals surface area contributed by atoms with Crippen molar-refractivity contribution in [3.8, 4) is 22.5 Å². The molecule has 4 N–H and O–H groups in total. The first-order valence-electron chi connectivity index (χ1n) is 11.0. The molecule has 1 unspecified atom stereocenters. The van der Waals surface area contributed by atoms with E-state index in [1.165, 1.54) is 0 Å². The maximum absolute atomic E-state index is 13.2. The Balaban J connectivity index is 1.60. The van der Waals surface area contributed by atoms with Gasteiger partial charge in [-0.25, -0.2) is 9.97 Å². The number of hydrogen-bond acceptors (Lipinski definition) is 5. The molecule has 5 aromatic rings. The molecule has 0 spiro atoms. The van der Waals surface area contributed by atoms with E-state index >= 15 is 0 Å². The number of fused-ring (bicyclic) bond motifs is 1.